The Hall–Kier alpha value is -1.88. The monoisotopic (exact) mass is 275 g/mol. The molecule has 0 saturated carbocycles. The Labute approximate surface area is 119 Å². The van der Waals surface area contributed by atoms with Crippen molar-refractivity contribution >= 4 is 11.8 Å². The van der Waals surface area contributed by atoms with Crippen molar-refractivity contribution in [3.05, 3.63) is 35.4 Å². The van der Waals surface area contributed by atoms with E-state index in [1.165, 1.54) is 0 Å². The SMILES string of the molecule is CCCNC(=O)c1cccc(C(=O)NCC2CNC2)c1. The van der Waals surface area contributed by atoms with E-state index in [2.05, 4.69) is 16.0 Å². The highest BCUT2D eigenvalue weighted by atomic mass is 16.2. The van der Waals surface area contributed by atoms with E-state index in [-0.39, 0.29) is 11.8 Å². The normalized spacial score (nSPS) is 14.4. The maximum Gasteiger partial charge on any atom is 0.251 e. The molecule has 1 aliphatic heterocycles. The molecular weight excluding hydrogens is 254 g/mol. The van der Waals surface area contributed by atoms with E-state index < -0.39 is 0 Å². The summed E-state index contributed by atoms with van der Waals surface area (Å²) < 4.78 is 0. The molecule has 0 atom stereocenters. The minimum Gasteiger partial charge on any atom is -0.352 e. The molecular formula is C15H21N3O2. The maximum atomic E-state index is 12.0. The summed E-state index contributed by atoms with van der Waals surface area (Å²) in [5.41, 5.74) is 1.05. The number of nitrogens with one attached hydrogen (secondary N) is 3. The zero-order valence-electron chi connectivity index (χ0n) is 11.7. The van der Waals surface area contributed by atoms with Crippen LogP contribution in [0.3, 0.4) is 0 Å². The third-order valence-electron chi connectivity index (χ3n) is 3.34. The number of hydrogen-bond donors (Lipinski definition) is 3. The zero-order chi connectivity index (χ0) is 14.4. The number of hydrogen-bond acceptors (Lipinski definition) is 3. The van der Waals surface area contributed by atoms with E-state index >= 15 is 0 Å². The van der Waals surface area contributed by atoms with Gasteiger partial charge >= 0.3 is 0 Å². The minimum atomic E-state index is -0.135. The molecule has 2 amide bonds. The summed E-state index contributed by atoms with van der Waals surface area (Å²) in [6.07, 6.45) is 0.890. The van der Waals surface area contributed by atoms with Crippen molar-refractivity contribution in [1.82, 2.24) is 16.0 Å². The summed E-state index contributed by atoms with van der Waals surface area (Å²) in [7, 11) is 0. The smallest absolute Gasteiger partial charge is 0.251 e. The Morgan fingerprint density at radius 3 is 2.40 bits per heavy atom. The van der Waals surface area contributed by atoms with Crippen LogP contribution >= 0.6 is 0 Å². The van der Waals surface area contributed by atoms with Gasteiger partial charge in [-0.3, -0.25) is 9.59 Å². The molecule has 0 bridgehead atoms. The highest BCUT2D eigenvalue weighted by Gasteiger charge is 2.18. The Morgan fingerprint density at radius 2 is 1.85 bits per heavy atom. The van der Waals surface area contributed by atoms with Crippen LogP contribution in [-0.2, 0) is 0 Å². The molecule has 1 aromatic carbocycles. The summed E-state index contributed by atoms with van der Waals surface area (Å²) in [6.45, 7) is 5.24. The zero-order valence-corrected chi connectivity index (χ0v) is 11.7. The number of carbonyl (C=O) groups is 2. The summed E-state index contributed by atoms with van der Waals surface area (Å²) in [4.78, 5) is 23.9. The van der Waals surface area contributed by atoms with Crippen LogP contribution in [0.4, 0.5) is 0 Å². The molecule has 5 nitrogen and oxygen atoms in total. The number of benzene rings is 1. The van der Waals surface area contributed by atoms with E-state index in [1.54, 1.807) is 24.3 Å². The van der Waals surface area contributed by atoms with E-state index in [1.807, 2.05) is 6.92 Å². The van der Waals surface area contributed by atoms with Crippen LogP contribution < -0.4 is 16.0 Å². The fraction of sp³-hybridized carbons (Fsp3) is 0.467. The van der Waals surface area contributed by atoms with E-state index in [0.717, 1.165) is 19.5 Å². The van der Waals surface area contributed by atoms with Gasteiger partial charge < -0.3 is 16.0 Å². The molecule has 1 fully saturated rings. The van der Waals surface area contributed by atoms with Crippen molar-refractivity contribution in [2.24, 2.45) is 5.92 Å². The molecule has 1 saturated heterocycles. The van der Waals surface area contributed by atoms with Gasteiger partial charge in [-0.1, -0.05) is 13.0 Å². The molecule has 0 aliphatic carbocycles. The molecule has 0 spiro atoms. The largest absolute Gasteiger partial charge is 0.352 e. The third kappa shape index (κ3) is 3.81. The fourth-order valence-electron chi connectivity index (χ4n) is 1.97. The predicted molar refractivity (Wildman–Crippen MR) is 77.8 cm³/mol. The predicted octanol–water partition coefficient (Wildman–Crippen LogP) is 0.776. The van der Waals surface area contributed by atoms with Crippen molar-refractivity contribution in [1.29, 1.82) is 0 Å². The molecule has 20 heavy (non-hydrogen) atoms. The van der Waals surface area contributed by atoms with Gasteiger partial charge in [0.2, 0.25) is 0 Å². The quantitative estimate of drug-likeness (QED) is 0.718. The molecule has 0 radical (unpaired) electrons. The van der Waals surface area contributed by atoms with Crippen molar-refractivity contribution in [2.75, 3.05) is 26.2 Å². The van der Waals surface area contributed by atoms with Gasteiger partial charge in [0, 0.05) is 43.2 Å². The first kappa shape index (κ1) is 14.5. The van der Waals surface area contributed by atoms with Crippen LogP contribution in [0.15, 0.2) is 24.3 Å². The highest BCUT2D eigenvalue weighted by Crippen LogP contribution is 2.06. The van der Waals surface area contributed by atoms with Crippen LogP contribution in [0.25, 0.3) is 0 Å². The average Bonchev–Trinajstić information content (AvgIpc) is 2.43. The van der Waals surface area contributed by atoms with Crippen molar-refractivity contribution in [2.45, 2.75) is 13.3 Å². The second-order valence-electron chi connectivity index (χ2n) is 5.07. The highest BCUT2D eigenvalue weighted by molar-refractivity contribution is 5.99. The molecule has 0 unspecified atom stereocenters. The summed E-state index contributed by atoms with van der Waals surface area (Å²) in [5, 5.41) is 8.87. The van der Waals surface area contributed by atoms with Gasteiger partial charge in [-0.05, 0) is 24.6 Å². The second kappa shape index (κ2) is 7.05. The molecule has 2 rings (SSSR count). The number of amides is 2. The lowest BCUT2D eigenvalue weighted by molar-refractivity contribution is 0.0942. The first-order valence-electron chi connectivity index (χ1n) is 7.08. The minimum absolute atomic E-state index is 0.123. The Morgan fingerprint density at radius 1 is 1.20 bits per heavy atom. The molecule has 108 valence electrons. The van der Waals surface area contributed by atoms with Gasteiger partial charge in [-0.25, -0.2) is 0 Å². The van der Waals surface area contributed by atoms with Crippen LogP contribution in [0.1, 0.15) is 34.1 Å². The lowest BCUT2D eigenvalue weighted by Crippen LogP contribution is -2.48. The average molecular weight is 275 g/mol. The standard InChI is InChI=1S/C15H21N3O2/c1-2-6-17-14(19)12-4-3-5-13(7-12)15(20)18-10-11-8-16-9-11/h3-5,7,11,16H,2,6,8-10H2,1H3,(H,17,19)(H,18,20). The molecule has 5 heteroatoms. The third-order valence-corrected chi connectivity index (χ3v) is 3.34. The Balaban J connectivity index is 1.93. The van der Waals surface area contributed by atoms with Crippen molar-refractivity contribution in [3.8, 4) is 0 Å². The second-order valence-corrected chi connectivity index (χ2v) is 5.07. The molecule has 0 aromatic heterocycles. The lowest BCUT2D eigenvalue weighted by atomic mass is 10.0. The lowest BCUT2D eigenvalue weighted by Gasteiger charge is -2.27. The number of carbonyl (C=O) groups excluding carboxylic acids is 2. The summed E-state index contributed by atoms with van der Waals surface area (Å²) in [6, 6.07) is 6.82. The van der Waals surface area contributed by atoms with E-state index in [9.17, 15) is 9.59 Å². The summed E-state index contributed by atoms with van der Waals surface area (Å²) >= 11 is 0. The van der Waals surface area contributed by atoms with Gasteiger partial charge in [0.1, 0.15) is 0 Å². The van der Waals surface area contributed by atoms with Gasteiger partial charge in [0.25, 0.3) is 11.8 Å². The maximum absolute atomic E-state index is 12.0. The topological polar surface area (TPSA) is 70.2 Å². The Kier molecular flexibility index (Phi) is 5.12. The van der Waals surface area contributed by atoms with Gasteiger partial charge in [0.05, 0.1) is 0 Å². The van der Waals surface area contributed by atoms with Crippen LogP contribution in [0.5, 0.6) is 0 Å². The van der Waals surface area contributed by atoms with Gasteiger partial charge in [-0.15, -0.1) is 0 Å². The van der Waals surface area contributed by atoms with Crippen molar-refractivity contribution in [3.63, 3.8) is 0 Å². The Bertz CT molecular complexity index is 484. The summed E-state index contributed by atoms with van der Waals surface area (Å²) in [5.74, 6) is 0.265. The molecule has 1 aromatic rings. The first-order valence-corrected chi connectivity index (χ1v) is 7.08. The van der Waals surface area contributed by atoms with Gasteiger partial charge in [-0.2, -0.15) is 0 Å². The van der Waals surface area contributed by atoms with Gasteiger partial charge in [0.15, 0.2) is 0 Å². The van der Waals surface area contributed by atoms with Crippen LogP contribution in [0.2, 0.25) is 0 Å². The first-order chi connectivity index (χ1) is 9.70. The van der Waals surface area contributed by atoms with Crippen LogP contribution in [-0.4, -0.2) is 38.0 Å². The van der Waals surface area contributed by atoms with Crippen molar-refractivity contribution < 1.29 is 9.59 Å². The van der Waals surface area contributed by atoms with Crippen LogP contribution in [0, 0.1) is 5.92 Å². The molecule has 1 heterocycles. The van der Waals surface area contributed by atoms with E-state index in [0.29, 0.717) is 30.1 Å². The van der Waals surface area contributed by atoms with E-state index in [4.69, 9.17) is 0 Å². The molecule has 1 aliphatic rings. The fourth-order valence-corrected chi connectivity index (χ4v) is 1.97. The number of rotatable bonds is 6. The molecule has 3 N–H and O–H groups in total.